The third-order valence-corrected chi connectivity index (χ3v) is 7.06. The largest absolute Gasteiger partial charge is 0.375 e. The van der Waals surface area contributed by atoms with Crippen molar-refractivity contribution in [2.24, 2.45) is 5.92 Å². The summed E-state index contributed by atoms with van der Waals surface area (Å²) in [7, 11) is -3.65. The van der Waals surface area contributed by atoms with Gasteiger partial charge in [-0.25, -0.2) is 12.8 Å². The topological polar surface area (TPSA) is 66.9 Å². The van der Waals surface area contributed by atoms with Crippen LogP contribution in [0, 0.1) is 11.7 Å². The summed E-state index contributed by atoms with van der Waals surface area (Å²) in [6.07, 6.45) is 1.02. The quantitative estimate of drug-likeness (QED) is 0.798. The molecule has 2 atom stereocenters. The van der Waals surface area contributed by atoms with E-state index in [1.807, 2.05) is 18.7 Å². The van der Waals surface area contributed by atoms with Gasteiger partial charge in [-0.15, -0.1) is 0 Å². The zero-order valence-corrected chi connectivity index (χ0v) is 15.9. The maximum atomic E-state index is 13.0. The van der Waals surface area contributed by atoms with Crippen LogP contribution in [0.15, 0.2) is 29.2 Å². The molecular formula is C18H25FN2O4S. The first kappa shape index (κ1) is 19.3. The van der Waals surface area contributed by atoms with Gasteiger partial charge in [0.2, 0.25) is 15.9 Å². The Morgan fingerprint density at radius 2 is 1.77 bits per heavy atom. The second kappa shape index (κ2) is 7.62. The average Bonchev–Trinajstić information content (AvgIpc) is 2.63. The van der Waals surface area contributed by atoms with Crippen molar-refractivity contribution in [3.63, 3.8) is 0 Å². The molecule has 2 aliphatic heterocycles. The maximum absolute atomic E-state index is 13.0. The number of morpholine rings is 1. The number of rotatable bonds is 3. The minimum Gasteiger partial charge on any atom is -0.375 e. The predicted molar refractivity (Wildman–Crippen MR) is 94.5 cm³/mol. The number of amides is 1. The van der Waals surface area contributed by atoms with E-state index in [-0.39, 0.29) is 28.9 Å². The number of nitrogens with zero attached hydrogens (tertiary/aromatic N) is 2. The number of benzene rings is 1. The molecule has 0 saturated carbocycles. The summed E-state index contributed by atoms with van der Waals surface area (Å²) in [4.78, 5) is 14.8. The molecule has 1 amide bonds. The van der Waals surface area contributed by atoms with Gasteiger partial charge in [-0.2, -0.15) is 4.31 Å². The molecule has 2 aliphatic rings. The van der Waals surface area contributed by atoms with Gasteiger partial charge in [0, 0.05) is 25.6 Å². The fourth-order valence-electron chi connectivity index (χ4n) is 3.54. The van der Waals surface area contributed by atoms with Gasteiger partial charge in [0.05, 0.1) is 23.6 Å². The standard InChI is InChI=1S/C18H25FN2O4S/c1-13-12-25-14(2)11-21(13)18(22)15-7-9-20(10-8-15)26(23,24)17-5-3-16(19)4-6-17/h3-6,13-15H,7-12H2,1-2H3. The number of carbonyl (C=O) groups is 1. The van der Waals surface area contributed by atoms with Crippen LogP contribution in [0.2, 0.25) is 0 Å². The molecule has 26 heavy (non-hydrogen) atoms. The first-order valence-electron chi connectivity index (χ1n) is 8.97. The van der Waals surface area contributed by atoms with Crippen LogP contribution >= 0.6 is 0 Å². The molecule has 0 aromatic heterocycles. The van der Waals surface area contributed by atoms with Gasteiger partial charge in [0.25, 0.3) is 0 Å². The van der Waals surface area contributed by atoms with Crippen molar-refractivity contribution in [1.82, 2.24) is 9.21 Å². The molecule has 2 unspecified atom stereocenters. The molecule has 2 heterocycles. The van der Waals surface area contributed by atoms with Crippen molar-refractivity contribution in [3.05, 3.63) is 30.1 Å². The predicted octanol–water partition coefficient (Wildman–Crippen LogP) is 1.86. The normalized spacial score (nSPS) is 26.0. The summed E-state index contributed by atoms with van der Waals surface area (Å²) < 4.78 is 45.3. The lowest BCUT2D eigenvalue weighted by molar-refractivity contribution is -0.148. The summed E-state index contributed by atoms with van der Waals surface area (Å²) in [5, 5.41) is 0. The van der Waals surface area contributed by atoms with Gasteiger partial charge in [-0.1, -0.05) is 0 Å². The average molecular weight is 384 g/mol. The fraction of sp³-hybridized carbons (Fsp3) is 0.611. The minimum absolute atomic E-state index is 0.0223. The highest BCUT2D eigenvalue weighted by Crippen LogP contribution is 2.26. The molecule has 0 bridgehead atoms. The molecular weight excluding hydrogens is 359 g/mol. The van der Waals surface area contributed by atoms with Crippen LogP contribution in [0.3, 0.4) is 0 Å². The van der Waals surface area contributed by atoms with E-state index in [9.17, 15) is 17.6 Å². The molecule has 0 N–H and O–H groups in total. The van der Waals surface area contributed by atoms with Crippen LogP contribution in [0.5, 0.6) is 0 Å². The summed E-state index contributed by atoms with van der Waals surface area (Å²) in [5.74, 6) is -0.545. The van der Waals surface area contributed by atoms with Crippen molar-refractivity contribution in [2.45, 2.75) is 43.7 Å². The molecule has 1 aromatic carbocycles. The van der Waals surface area contributed by atoms with Gasteiger partial charge >= 0.3 is 0 Å². The lowest BCUT2D eigenvalue weighted by Crippen LogP contribution is -2.53. The number of sulfonamides is 1. The Morgan fingerprint density at radius 3 is 2.38 bits per heavy atom. The Labute approximate surface area is 154 Å². The third kappa shape index (κ3) is 3.92. The fourth-order valence-corrected chi connectivity index (χ4v) is 5.01. The van der Waals surface area contributed by atoms with Gasteiger partial charge in [0.15, 0.2) is 0 Å². The smallest absolute Gasteiger partial charge is 0.243 e. The van der Waals surface area contributed by atoms with Crippen molar-refractivity contribution >= 4 is 15.9 Å². The summed E-state index contributed by atoms with van der Waals surface area (Å²) in [6.45, 7) is 5.62. The lowest BCUT2D eigenvalue weighted by atomic mass is 9.95. The van der Waals surface area contributed by atoms with E-state index < -0.39 is 15.8 Å². The molecule has 8 heteroatoms. The summed E-state index contributed by atoms with van der Waals surface area (Å²) in [6, 6.07) is 4.88. The molecule has 1 aromatic rings. The molecule has 2 saturated heterocycles. The second-order valence-corrected chi connectivity index (χ2v) is 9.05. The van der Waals surface area contributed by atoms with Crippen molar-refractivity contribution in [1.29, 1.82) is 0 Å². The minimum atomic E-state index is -3.65. The van der Waals surface area contributed by atoms with Crippen LogP contribution < -0.4 is 0 Å². The Kier molecular flexibility index (Phi) is 5.64. The zero-order chi connectivity index (χ0) is 18.9. The van der Waals surface area contributed by atoms with Gasteiger partial charge in [0.1, 0.15) is 5.82 Å². The van der Waals surface area contributed by atoms with E-state index >= 15 is 0 Å². The highest BCUT2D eigenvalue weighted by molar-refractivity contribution is 7.89. The Bertz CT molecular complexity index is 745. The molecule has 0 aliphatic carbocycles. The van der Waals surface area contributed by atoms with Crippen LogP contribution in [0.25, 0.3) is 0 Å². The summed E-state index contributed by atoms with van der Waals surface area (Å²) >= 11 is 0. The van der Waals surface area contributed by atoms with Gasteiger partial charge in [-0.3, -0.25) is 4.79 Å². The Balaban J connectivity index is 1.63. The number of ether oxygens (including phenoxy) is 1. The van der Waals surface area contributed by atoms with E-state index in [1.165, 1.54) is 16.4 Å². The maximum Gasteiger partial charge on any atom is 0.243 e. The van der Waals surface area contributed by atoms with Crippen LogP contribution in [0.4, 0.5) is 4.39 Å². The molecule has 144 valence electrons. The van der Waals surface area contributed by atoms with Crippen LogP contribution in [-0.2, 0) is 19.6 Å². The van der Waals surface area contributed by atoms with Crippen LogP contribution in [0.1, 0.15) is 26.7 Å². The second-order valence-electron chi connectivity index (χ2n) is 7.12. The van der Waals surface area contributed by atoms with E-state index in [4.69, 9.17) is 4.74 Å². The number of carbonyl (C=O) groups excluding carboxylic acids is 1. The third-order valence-electron chi connectivity index (χ3n) is 5.15. The summed E-state index contributed by atoms with van der Waals surface area (Å²) in [5.41, 5.74) is 0. The monoisotopic (exact) mass is 384 g/mol. The SMILES string of the molecule is CC1CN(C(=O)C2CCN(S(=O)(=O)c3ccc(F)cc3)CC2)C(C)CO1. The van der Waals surface area contributed by atoms with Crippen molar-refractivity contribution in [3.8, 4) is 0 Å². The van der Waals surface area contributed by atoms with E-state index in [2.05, 4.69) is 0 Å². The Morgan fingerprint density at radius 1 is 1.15 bits per heavy atom. The molecule has 6 nitrogen and oxygen atoms in total. The lowest BCUT2D eigenvalue weighted by Gasteiger charge is -2.40. The number of halogens is 1. The van der Waals surface area contributed by atoms with E-state index in [1.54, 1.807) is 0 Å². The molecule has 3 rings (SSSR count). The van der Waals surface area contributed by atoms with Crippen molar-refractivity contribution < 1.29 is 22.3 Å². The number of piperidine rings is 1. The highest BCUT2D eigenvalue weighted by atomic mass is 32.2. The highest BCUT2D eigenvalue weighted by Gasteiger charge is 2.36. The zero-order valence-electron chi connectivity index (χ0n) is 15.1. The first-order chi connectivity index (χ1) is 12.3. The van der Waals surface area contributed by atoms with Gasteiger partial charge in [-0.05, 0) is 51.0 Å². The number of hydrogen-bond acceptors (Lipinski definition) is 4. The first-order valence-corrected chi connectivity index (χ1v) is 10.4. The van der Waals surface area contributed by atoms with Crippen LogP contribution in [-0.4, -0.2) is 61.9 Å². The number of hydrogen-bond donors (Lipinski definition) is 0. The molecule has 2 fully saturated rings. The Hall–Kier alpha value is -1.51. The van der Waals surface area contributed by atoms with E-state index in [0.29, 0.717) is 39.1 Å². The molecule has 0 spiro atoms. The van der Waals surface area contributed by atoms with E-state index in [0.717, 1.165) is 12.1 Å². The van der Waals surface area contributed by atoms with Crippen molar-refractivity contribution in [2.75, 3.05) is 26.2 Å². The molecule has 0 radical (unpaired) electrons. The van der Waals surface area contributed by atoms with Gasteiger partial charge < -0.3 is 9.64 Å².